The number of para-hydroxylation sites is 1. The lowest BCUT2D eigenvalue weighted by Crippen LogP contribution is -2.09. The number of nitrogen functional groups attached to an aromatic ring is 1. The minimum Gasteiger partial charge on any atom is -0.486 e. The first kappa shape index (κ1) is 15.2. The highest BCUT2D eigenvalue weighted by Gasteiger charge is 2.06. The maximum atomic E-state index is 8.90. The minimum atomic E-state index is 0.104. The standard InChI is InChI=1S/C17H14N6O/c18-10-12-5-4-8-14(9-12)24-11-15-21-16(19)23-17(22-15)20-13-6-2-1-3-7-13/h1-9H,11H2,(H3,19,20,21,22,23). The molecule has 2 aromatic carbocycles. The zero-order chi connectivity index (χ0) is 16.8. The number of benzene rings is 2. The van der Waals surface area contributed by atoms with Gasteiger partial charge in [-0.2, -0.15) is 20.2 Å². The fourth-order valence-corrected chi connectivity index (χ4v) is 2.01. The summed E-state index contributed by atoms with van der Waals surface area (Å²) in [5.41, 5.74) is 7.09. The number of rotatable bonds is 5. The molecule has 3 rings (SSSR count). The molecule has 0 aliphatic heterocycles. The Morgan fingerprint density at radius 1 is 1.04 bits per heavy atom. The summed E-state index contributed by atoms with van der Waals surface area (Å²) in [6.45, 7) is 0.116. The van der Waals surface area contributed by atoms with E-state index in [1.807, 2.05) is 30.3 Å². The van der Waals surface area contributed by atoms with Gasteiger partial charge >= 0.3 is 0 Å². The van der Waals surface area contributed by atoms with Crippen LogP contribution in [0.3, 0.4) is 0 Å². The van der Waals surface area contributed by atoms with Gasteiger partial charge in [-0.1, -0.05) is 24.3 Å². The predicted octanol–water partition coefficient (Wildman–Crippen LogP) is 2.65. The molecule has 0 aliphatic carbocycles. The quantitative estimate of drug-likeness (QED) is 0.744. The lowest BCUT2D eigenvalue weighted by molar-refractivity contribution is 0.296. The van der Waals surface area contributed by atoms with Gasteiger partial charge in [-0.3, -0.25) is 0 Å². The summed E-state index contributed by atoms with van der Waals surface area (Å²) in [5.74, 6) is 1.40. The molecule has 0 saturated heterocycles. The Balaban J connectivity index is 1.73. The van der Waals surface area contributed by atoms with Crippen molar-refractivity contribution in [2.75, 3.05) is 11.1 Å². The fourth-order valence-electron chi connectivity index (χ4n) is 2.01. The van der Waals surface area contributed by atoms with Crippen LogP contribution in [0.4, 0.5) is 17.6 Å². The van der Waals surface area contributed by atoms with E-state index in [9.17, 15) is 0 Å². The van der Waals surface area contributed by atoms with Crippen molar-refractivity contribution in [2.45, 2.75) is 6.61 Å². The monoisotopic (exact) mass is 318 g/mol. The predicted molar refractivity (Wildman–Crippen MR) is 89.5 cm³/mol. The molecule has 0 spiro atoms. The van der Waals surface area contributed by atoms with Crippen molar-refractivity contribution in [2.24, 2.45) is 0 Å². The van der Waals surface area contributed by atoms with Crippen molar-refractivity contribution in [1.29, 1.82) is 5.26 Å². The molecule has 0 fully saturated rings. The number of nitrogens with one attached hydrogen (secondary N) is 1. The van der Waals surface area contributed by atoms with Crippen LogP contribution < -0.4 is 15.8 Å². The van der Waals surface area contributed by atoms with Crippen molar-refractivity contribution in [1.82, 2.24) is 15.0 Å². The zero-order valence-corrected chi connectivity index (χ0v) is 12.7. The Morgan fingerprint density at radius 2 is 1.88 bits per heavy atom. The van der Waals surface area contributed by atoms with E-state index < -0.39 is 0 Å². The number of ether oxygens (including phenoxy) is 1. The molecule has 0 atom stereocenters. The van der Waals surface area contributed by atoms with Crippen molar-refractivity contribution < 1.29 is 4.74 Å². The number of hydrogen-bond acceptors (Lipinski definition) is 7. The first-order valence-corrected chi connectivity index (χ1v) is 7.18. The second kappa shape index (κ2) is 7.07. The Morgan fingerprint density at radius 3 is 2.67 bits per heavy atom. The first-order valence-electron chi connectivity index (χ1n) is 7.18. The van der Waals surface area contributed by atoms with Gasteiger partial charge in [0, 0.05) is 5.69 Å². The average Bonchev–Trinajstić information content (AvgIpc) is 2.60. The number of nitrogens with zero attached hydrogens (tertiary/aromatic N) is 4. The van der Waals surface area contributed by atoms with Crippen LogP contribution in [-0.2, 0) is 6.61 Å². The van der Waals surface area contributed by atoms with Gasteiger partial charge in [0.1, 0.15) is 12.4 Å². The summed E-state index contributed by atoms with van der Waals surface area (Å²) in [6.07, 6.45) is 0. The molecule has 0 aliphatic rings. The number of nitriles is 1. The van der Waals surface area contributed by atoms with Crippen LogP contribution >= 0.6 is 0 Å². The molecule has 0 amide bonds. The van der Waals surface area contributed by atoms with Crippen LogP contribution in [0.1, 0.15) is 11.4 Å². The first-order chi connectivity index (χ1) is 11.7. The molecule has 3 aromatic rings. The third-order valence-electron chi connectivity index (χ3n) is 3.06. The van der Waals surface area contributed by atoms with Gasteiger partial charge in [-0.05, 0) is 30.3 Å². The third-order valence-corrected chi connectivity index (χ3v) is 3.06. The largest absolute Gasteiger partial charge is 0.486 e. The van der Waals surface area contributed by atoms with Crippen LogP contribution in [0.15, 0.2) is 54.6 Å². The van der Waals surface area contributed by atoms with Gasteiger partial charge in [0.25, 0.3) is 0 Å². The molecule has 1 heterocycles. The maximum Gasteiger partial charge on any atom is 0.232 e. The molecule has 0 bridgehead atoms. The Hall–Kier alpha value is -3.66. The lowest BCUT2D eigenvalue weighted by Gasteiger charge is -2.08. The number of nitrogens with two attached hydrogens (primary N) is 1. The van der Waals surface area contributed by atoms with Crippen LogP contribution in [0.5, 0.6) is 5.75 Å². The van der Waals surface area contributed by atoms with E-state index in [0.717, 1.165) is 5.69 Å². The summed E-state index contributed by atoms with van der Waals surface area (Å²) in [5, 5.41) is 12.0. The van der Waals surface area contributed by atoms with Crippen molar-refractivity contribution in [3.63, 3.8) is 0 Å². The van der Waals surface area contributed by atoms with Crippen LogP contribution in [0.2, 0.25) is 0 Å². The van der Waals surface area contributed by atoms with E-state index in [0.29, 0.717) is 23.1 Å². The average molecular weight is 318 g/mol. The van der Waals surface area contributed by atoms with E-state index in [-0.39, 0.29) is 12.6 Å². The van der Waals surface area contributed by atoms with E-state index in [1.54, 1.807) is 24.3 Å². The van der Waals surface area contributed by atoms with Gasteiger partial charge in [-0.25, -0.2) is 0 Å². The number of aromatic nitrogens is 3. The molecular formula is C17H14N6O. The molecule has 0 saturated carbocycles. The van der Waals surface area contributed by atoms with Gasteiger partial charge in [0.2, 0.25) is 11.9 Å². The van der Waals surface area contributed by atoms with Gasteiger partial charge in [0.05, 0.1) is 11.6 Å². The Bertz CT molecular complexity index is 876. The minimum absolute atomic E-state index is 0.104. The van der Waals surface area contributed by atoms with Crippen molar-refractivity contribution >= 4 is 17.6 Å². The van der Waals surface area contributed by atoms with Crippen LogP contribution in [0, 0.1) is 11.3 Å². The molecule has 118 valence electrons. The van der Waals surface area contributed by atoms with E-state index >= 15 is 0 Å². The Kier molecular flexibility index (Phi) is 4.49. The van der Waals surface area contributed by atoms with Gasteiger partial charge < -0.3 is 15.8 Å². The van der Waals surface area contributed by atoms with Crippen molar-refractivity contribution in [3.8, 4) is 11.8 Å². The molecule has 0 radical (unpaired) electrons. The number of hydrogen-bond donors (Lipinski definition) is 2. The number of anilines is 3. The lowest BCUT2D eigenvalue weighted by atomic mass is 10.2. The zero-order valence-electron chi connectivity index (χ0n) is 12.7. The highest BCUT2D eigenvalue weighted by Crippen LogP contribution is 2.16. The normalized spacial score (nSPS) is 9.96. The van der Waals surface area contributed by atoms with Crippen LogP contribution in [-0.4, -0.2) is 15.0 Å². The maximum absolute atomic E-state index is 8.90. The highest BCUT2D eigenvalue weighted by molar-refractivity contribution is 5.53. The second-order valence-electron chi connectivity index (χ2n) is 4.85. The molecular weight excluding hydrogens is 304 g/mol. The smallest absolute Gasteiger partial charge is 0.232 e. The summed E-state index contributed by atoms with van der Waals surface area (Å²) < 4.78 is 5.61. The molecule has 0 unspecified atom stereocenters. The molecule has 3 N–H and O–H groups in total. The van der Waals surface area contributed by atoms with E-state index in [1.165, 1.54) is 0 Å². The molecule has 7 heteroatoms. The SMILES string of the molecule is N#Cc1cccc(OCc2nc(N)nc(Nc3ccccc3)n2)c1. The Labute approximate surface area is 138 Å². The summed E-state index contributed by atoms with van der Waals surface area (Å²) in [6, 6.07) is 18.4. The second-order valence-corrected chi connectivity index (χ2v) is 4.85. The fraction of sp³-hybridized carbons (Fsp3) is 0.0588. The van der Waals surface area contributed by atoms with E-state index in [4.69, 9.17) is 15.7 Å². The molecule has 24 heavy (non-hydrogen) atoms. The molecule has 1 aromatic heterocycles. The molecule has 7 nitrogen and oxygen atoms in total. The summed E-state index contributed by atoms with van der Waals surface area (Å²) in [7, 11) is 0. The van der Waals surface area contributed by atoms with Crippen molar-refractivity contribution in [3.05, 3.63) is 66.0 Å². The van der Waals surface area contributed by atoms with Gasteiger partial charge in [0.15, 0.2) is 5.82 Å². The van der Waals surface area contributed by atoms with E-state index in [2.05, 4.69) is 26.3 Å². The van der Waals surface area contributed by atoms with Crippen LogP contribution in [0.25, 0.3) is 0 Å². The third kappa shape index (κ3) is 3.96. The van der Waals surface area contributed by atoms with Gasteiger partial charge in [-0.15, -0.1) is 0 Å². The topological polar surface area (TPSA) is 110 Å². The summed E-state index contributed by atoms with van der Waals surface area (Å²) >= 11 is 0. The summed E-state index contributed by atoms with van der Waals surface area (Å²) in [4.78, 5) is 12.4. The highest BCUT2D eigenvalue weighted by atomic mass is 16.5.